The van der Waals surface area contributed by atoms with Crippen molar-refractivity contribution in [2.45, 2.75) is 44.7 Å². The Kier molecular flexibility index (Phi) is 5.49. The highest BCUT2D eigenvalue weighted by Gasteiger charge is 2.37. The summed E-state index contributed by atoms with van der Waals surface area (Å²) in [7, 11) is 0. The highest BCUT2D eigenvalue weighted by molar-refractivity contribution is 5.20. The molecule has 3 unspecified atom stereocenters. The van der Waals surface area contributed by atoms with Crippen LogP contribution in [0, 0.1) is 17.0 Å². The molecule has 0 bridgehead atoms. The van der Waals surface area contributed by atoms with Gasteiger partial charge in [0.1, 0.15) is 11.6 Å². The van der Waals surface area contributed by atoms with E-state index in [-0.39, 0.29) is 12.0 Å². The summed E-state index contributed by atoms with van der Waals surface area (Å²) in [6.07, 6.45) is 3.37. The van der Waals surface area contributed by atoms with Gasteiger partial charge in [-0.05, 0) is 50.8 Å². The van der Waals surface area contributed by atoms with Gasteiger partial charge in [0.25, 0.3) is 0 Å². The molecule has 2 fully saturated rings. The summed E-state index contributed by atoms with van der Waals surface area (Å²) < 4.78 is 27.1. The molecule has 2 aliphatic heterocycles. The molecule has 3 rings (SSSR count). The lowest BCUT2D eigenvalue weighted by atomic mass is 9.75. The predicted molar refractivity (Wildman–Crippen MR) is 89.4 cm³/mol. The van der Waals surface area contributed by atoms with E-state index < -0.39 is 11.6 Å². The molecule has 1 aromatic carbocycles. The number of nitrogens with one attached hydrogen (secondary N) is 2. The number of aliphatic hydroxyl groups is 1. The van der Waals surface area contributed by atoms with Crippen LogP contribution in [-0.2, 0) is 6.42 Å². The Morgan fingerprint density at radius 2 is 2.17 bits per heavy atom. The van der Waals surface area contributed by atoms with E-state index in [1.165, 1.54) is 12.1 Å². The van der Waals surface area contributed by atoms with Crippen LogP contribution in [0.4, 0.5) is 8.78 Å². The van der Waals surface area contributed by atoms with Crippen LogP contribution in [-0.4, -0.2) is 48.3 Å². The van der Waals surface area contributed by atoms with Crippen LogP contribution in [0.25, 0.3) is 0 Å². The first kappa shape index (κ1) is 17.7. The Bertz CT molecular complexity index is 571. The quantitative estimate of drug-likeness (QED) is 0.766. The van der Waals surface area contributed by atoms with E-state index in [0.29, 0.717) is 24.1 Å². The van der Waals surface area contributed by atoms with E-state index in [2.05, 4.69) is 22.7 Å². The second-order valence-electron chi connectivity index (χ2n) is 7.53. The van der Waals surface area contributed by atoms with E-state index in [4.69, 9.17) is 0 Å². The average Bonchev–Trinajstić information content (AvgIpc) is 2.95. The van der Waals surface area contributed by atoms with E-state index in [1.54, 1.807) is 0 Å². The predicted octanol–water partition coefficient (Wildman–Crippen LogP) is 1.84. The number of nitrogens with zero attached hydrogens (tertiary/aromatic N) is 1. The van der Waals surface area contributed by atoms with Crippen molar-refractivity contribution < 1.29 is 13.9 Å². The van der Waals surface area contributed by atoms with Gasteiger partial charge in [-0.1, -0.05) is 6.07 Å². The summed E-state index contributed by atoms with van der Waals surface area (Å²) in [6.45, 7) is 4.84. The molecule has 2 aliphatic rings. The van der Waals surface area contributed by atoms with Crippen LogP contribution in [0.1, 0.15) is 31.7 Å². The molecule has 0 radical (unpaired) electrons. The summed E-state index contributed by atoms with van der Waals surface area (Å²) in [6, 6.07) is 4.59. The highest BCUT2D eigenvalue weighted by Crippen LogP contribution is 2.34. The van der Waals surface area contributed by atoms with E-state index in [1.807, 2.05) is 0 Å². The summed E-state index contributed by atoms with van der Waals surface area (Å²) in [5.74, 6) is -1.08. The maximum Gasteiger partial charge on any atom is 0.129 e. The lowest BCUT2D eigenvalue weighted by molar-refractivity contribution is 0.0283. The van der Waals surface area contributed by atoms with Crippen molar-refractivity contribution in [1.82, 2.24) is 15.8 Å². The lowest BCUT2D eigenvalue weighted by Crippen LogP contribution is -2.50. The number of hydrogen-bond acceptors (Lipinski definition) is 4. The first-order chi connectivity index (χ1) is 11.5. The largest absolute Gasteiger partial charge is 0.396 e. The van der Waals surface area contributed by atoms with Crippen LogP contribution >= 0.6 is 0 Å². The number of benzene rings is 1. The van der Waals surface area contributed by atoms with Crippen LogP contribution in [0.3, 0.4) is 0 Å². The van der Waals surface area contributed by atoms with E-state index >= 15 is 0 Å². The normalized spacial score (nSPS) is 31.5. The summed E-state index contributed by atoms with van der Waals surface area (Å²) in [5.41, 5.74) is 6.68. The Balaban J connectivity index is 1.67. The molecule has 0 saturated carbocycles. The van der Waals surface area contributed by atoms with Gasteiger partial charge >= 0.3 is 0 Å². The first-order valence-corrected chi connectivity index (χ1v) is 8.78. The van der Waals surface area contributed by atoms with Gasteiger partial charge in [0, 0.05) is 36.7 Å². The number of rotatable bonds is 5. The number of piperidine rings is 1. The third-order valence-electron chi connectivity index (χ3n) is 5.31. The minimum atomic E-state index is -0.562. The smallest absolute Gasteiger partial charge is 0.129 e. The van der Waals surface area contributed by atoms with Gasteiger partial charge in [0.05, 0.1) is 6.61 Å². The molecule has 0 aromatic heterocycles. The molecule has 2 heterocycles. The molecular weight excluding hydrogens is 312 g/mol. The van der Waals surface area contributed by atoms with Crippen LogP contribution in [0.15, 0.2) is 18.2 Å². The van der Waals surface area contributed by atoms with Gasteiger partial charge in [0.2, 0.25) is 0 Å². The number of halogens is 2. The van der Waals surface area contributed by atoms with Gasteiger partial charge < -0.3 is 10.0 Å². The third kappa shape index (κ3) is 4.11. The molecule has 24 heavy (non-hydrogen) atoms. The topological polar surface area (TPSA) is 47.5 Å². The molecule has 6 heteroatoms. The molecule has 3 N–H and O–H groups in total. The van der Waals surface area contributed by atoms with Crippen LogP contribution < -0.4 is 10.9 Å². The minimum Gasteiger partial charge on any atom is -0.396 e. The van der Waals surface area contributed by atoms with Gasteiger partial charge in [-0.15, -0.1) is 0 Å². The molecule has 2 saturated heterocycles. The Morgan fingerprint density at radius 3 is 2.83 bits per heavy atom. The summed E-state index contributed by atoms with van der Waals surface area (Å²) >= 11 is 0. The van der Waals surface area contributed by atoms with E-state index in [0.717, 1.165) is 45.0 Å². The Labute approximate surface area is 142 Å². The fraction of sp³-hybridized carbons (Fsp3) is 0.667. The molecule has 3 atom stereocenters. The zero-order chi connectivity index (χ0) is 17.2. The zero-order valence-corrected chi connectivity index (χ0v) is 14.2. The fourth-order valence-electron chi connectivity index (χ4n) is 4.10. The zero-order valence-electron chi connectivity index (χ0n) is 14.2. The van der Waals surface area contributed by atoms with Gasteiger partial charge in [0.15, 0.2) is 0 Å². The fourth-order valence-corrected chi connectivity index (χ4v) is 4.10. The SMILES string of the molecule is CC1CC(CN2CCCC(CO)(Cc3ccc(F)cc3F)C2)NN1. The first-order valence-electron chi connectivity index (χ1n) is 8.78. The Morgan fingerprint density at radius 1 is 1.33 bits per heavy atom. The van der Waals surface area contributed by atoms with Crippen molar-refractivity contribution in [3.63, 3.8) is 0 Å². The van der Waals surface area contributed by atoms with Crippen LogP contribution in [0.2, 0.25) is 0 Å². The number of aliphatic hydroxyl groups excluding tert-OH is 1. The third-order valence-corrected chi connectivity index (χ3v) is 5.31. The van der Waals surface area contributed by atoms with Gasteiger partial charge in [-0.2, -0.15) is 0 Å². The number of likely N-dealkylation sites (tertiary alicyclic amines) is 1. The molecule has 4 nitrogen and oxygen atoms in total. The molecular formula is C18H27F2N3O. The van der Waals surface area contributed by atoms with Crippen molar-refractivity contribution in [1.29, 1.82) is 0 Å². The number of hydrogen-bond donors (Lipinski definition) is 3. The van der Waals surface area contributed by atoms with E-state index in [9.17, 15) is 13.9 Å². The van der Waals surface area contributed by atoms with Gasteiger partial charge in [-0.25, -0.2) is 8.78 Å². The van der Waals surface area contributed by atoms with Crippen molar-refractivity contribution >= 4 is 0 Å². The molecule has 0 aliphatic carbocycles. The number of hydrazine groups is 1. The maximum absolute atomic E-state index is 14.0. The summed E-state index contributed by atoms with van der Waals surface area (Å²) in [5, 5.41) is 10.0. The second-order valence-corrected chi connectivity index (χ2v) is 7.53. The minimum absolute atomic E-state index is 0.0209. The van der Waals surface area contributed by atoms with Crippen molar-refractivity contribution in [2.24, 2.45) is 5.41 Å². The lowest BCUT2D eigenvalue weighted by Gasteiger charge is -2.42. The molecule has 0 spiro atoms. The maximum atomic E-state index is 14.0. The highest BCUT2D eigenvalue weighted by atomic mass is 19.1. The second kappa shape index (κ2) is 7.44. The van der Waals surface area contributed by atoms with Crippen molar-refractivity contribution in [3.8, 4) is 0 Å². The monoisotopic (exact) mass is 339 g/mol. The average molecular weight is 339 g/mol. The van der Waals surface area contributed by atoms with Crippen LogP contribution in [0.5, 0.6) is 0 Å². The summed E-state index contributed by atoms with van der Waals surface area (Å²) in [4.78, 5) is 2.36. The molecule has 0 amide bonds. The van der Waals surface area contributed by atoms with Crippen molar-refractivity contribution in [3.05, 3.63) is 35.4 Å². The Hall–Kier alpha value is -1.08. The molecule has 134 valence electrons. The van der Waals surface area contributed by atoms with Crippen molar-refractivity contribution in [2.75, 3.05) is 26.2 Å². The molecule has 1 aromatic rings. The standard InChI is InChI=1S/C18H27F2N3O/c1-13-7-16(22-21-13)10-23-6-2-5-18(11-23,12-24)9-14-3-4-15(19)8-17(14)20/h3-4,8,13,16,21-22,24H,2,5-7,9-12H2,1H3. The van der Waals surface area contributed by atoms with Gasteiger partial charge in [-0.3, -0.25) is 10.9 Å².